The van der Waals surface area contributed by atoms with Gasteiger partial charge in [0.1, 0.15) is 0 Å². The minimum atomic E-state index is -0.287. The normalized spacial score (nSPS) is 20.1. The summed E-state index contributed by atoms with van der Waals surface area (Å²) in [6, 6.07) is 5.68. The number of aryl methyl sites for hydroxylation is 1. The van der Waals surface area contributed by atoms with Gasteiger partial charge in [-0.2, -0.15) is 0 Å². The number of fused-ring (bicyclic) bond motifs is 1. The number of allylic oxidation sites excluding steroid dienone is 1. The minimum absolute atomic E-state index is 0.0443. The number of imidazole rings is 1. The maximum absolute atomic E-state index is 12.5. The Kier molecular flexibility index (Phi) is 5.16. The van der Waals surface area contributed by atoms with Gasteiger partial charge in [0, 0.05) is 32.2 Å². The topological polar surface area (TPSA) is 70.4 Å². The number of β-amino-alcohol motifs (C(OH)–C–C–N with tert-alkyl or cyclic N) is 1. The van der Waals surface area contributed by atoms with Gasteiger partial charge in [0.2, 0.25) is 5.95 Å². The monoisotopic (exact) mass is 368 g/mol. The molecule has 1 aliphatic carbocycles. The fourth-order valence-corrected chi connectivity index (χ4v) is 4.11. The van der Waals surface area contributed by atoms with E-state index in [1.54, 1.807) is 0 Å². The quantitative estimate of drug-likeness (QED) is 0.796. The zero-order valence-electron chi connectivity index (χ0n) is 15.9. The number of hydrogen-bond acceptors (Lipinski definition) is 4. The Balaban J connectivity index is 1.44. The Bertz CT molecular complexity index is 870. The molecule has 1 aromatic heterocycles. The lowest BCUT2D eigenvalue weighted by Crippen LogP contribution is -2.24. The molecule has 27 heavy (non-hydrogen) atoms. The van der Waals surface area contributed by atoms with E-state index in [4.69, 9.17) is 4.98 Å². The Hall–Kier alpha value is -2.34. The molecule has 2 N–H and O–H groups in total. The molecular weight excluding hydrogens is 340 g/mol. The Morgan fingerprint density at radius 3 is 3.00 bits per heavy atom. The molecule has 2 aromatic rings. The molecule has 1 fully saturated rings. The molecule has 144 valence electrons. The maximum Gasteiger partial charge on any atom is 0.251 e. The third-order valence-corrected chi connectivity index (χ3v) is 5.68. The summed E-state index contributed by atoms with van der Waals surface area (Å²) in [7, 11) is 1.98. The van der Waals surface area contributed by atoms with E-state index < -0.39 is 0 Å². The second kappa shape index (κ2) is 7.72. The third-order valence-electron chi connectivity index (χ3n) is 5.68. The van der Waals surface area contributed by atoms with E-state index in [2.05, 4.69) is 16.3 Å². The molecule has 0 unspecified atom stereocenters. The van der Waals surface area contributed by atoms with Crippen LogP contribution in [0.3, 0.4) is 0 Å². The van der Waals surface area contributed by atoms with Gasteiger partial charge in [-0.05, 0) is 56.7 Å². The van der Waals surface area contributed by atoms with Crippen molar-refractivity contribution in [2.45, 2.75) is 44.6 Å². The van der Waals surface area contributed by atoms with Crippen LogP contribution in [0.25, 0.3) is 11.0 Å². The molecule has 6 heteroatoms. The van der Waals surface area contributed by atoms with E-state index in [0.717, 1.165) is 36.4 Å². The number of nitrogens with one attached hydrogen (secondary N) is 1. The van der Waals surface area contributed by atoms with Crippen LogP contribution in [0.15, 0.2) is 29.8 Å². The largest absolute Gasteiger partial charge is 0.391 e. The minimum Gasteiger partial charge on any atom is -0.391 e. The Morgan fingerprint density at radius 1 is 1.37 bits per heavy atom. The summed E-state index contributed by atoms with van der Waals surface area (Å²) in [4.78, 5) is 19.3. The SMILES string of the molecule is Cn1c(N2CC[C@H](O)C2)nc2cc(C(=O)NCCC3=CCCCC3)ccc21. The summed E-state index contributed by atoms with van der Waals surface area (Å²) in [6.07, 6.45) is 8.66. The molecule has 2 aliphatic rings. The number of hydrogen-bond donors (Lipinski definition) is 2. The van der Waals surface area contributed by atoms with Crippen LogP contribution in [0.1, 0.15) is 48.9 Å². The number of amides is 1. The van der Waals surface area contributed by atoms with Crippen LogP contribution < -0.4 is 10.2 Å². The molecule has 1 aliphatic heterocycles. The molecule has 0 radical (unpaired) electrons. The van der Waals surface area contributed by atoms with Crippen molar-refractivity contribution in [3.05, 3.63) is 35.4 Å². The number of aromatic nitrogens is 2. The maximum atomic E-state index is 12.5. The molecule has 0 spiro atoms. The first-order valence-electron chi connectivity index (χ1n) is 9.97. The number of anilines is 1. The average Bonchev–Trinajstić information content (AvgIpc) is 3.25. The number of rotatable bonds is 5. The van der Waals surface area contributed by atoms with Gasteiger partial charge >= 0.3 is 0 Å². The van der Waals surface area contributed by atoms with Gasteiger partial charge in [0.05, 0.1) is 17.1 Å². The van der Waals surface area contributed by atoms with Crippen molar-refractivity contribution in [2.24, 2.45) is 7.05 Å². The molecule has 1 aromatic carbocycles. The van der Waals surface area contributed by atoms with Crippen LogP contribution in [-0.4, -0.2) is 46.3 Å². The molecule has 4 rings (SSSR count). The zero-order valence-corrected chi connectivity index (χ0v) is 15.9. The highest BCUT2D eigenvalue weighted by atomic mass is 16.3. The van der Waals surface area contributed by atoms with Crippen molar-refractivity contribution in [3.8, 4) is 0 Å². The summed E-state index contributed by atoms with van der Waals surface area (Å²) >= 11 is 0. The van der Waals surface area contributed by atoms with Crippen molar-refractivity contribution in [1.82, 2.24) is 14.9 Å². The lowest BCUT2D eigenvalue weighted by atomic mass is 9.97. The fourth-order valence-electron chi connectivity index (χ4n) is 4.11. The molecule has 1 atom stereocenters. The number of aliphatic hydroxyl groups excluding tert-OH is 1. The number of carbonyl (C=O) groups is 1. The average molecular weight is 368 g/mol. The Labute approximate surface area is 159 Å². The van der Waals surface area contributed by atoms with Gasteiger partial charge in [0.25, 0.3) is 5.91 Å². The highest BCUT2D eigenvalue weighted by Crippen LogP contribution is 2.25. The van der Waals surface area contributed by atoms with Gasteiger partial charge in [-0.25, -0.2) is 4.98 Å². The van der Waals surface area contributed by atoms with Crippen molar-refractivity contribution >= 4 is 22.9 Å². The van der Waals surface area contributed by atoms with Crippen molar-refractivity contribution in [2.75, 3.05) is 24.5 Å². The van der Waals surface area contributed by atoms with Crippen LogP contribution in [-0.2, 0) is 7.05 Å². The molecule has 0 bridgehead atoms. The summed E-state index contributed by atoms with van der Waals surface area (Å²) < 4.78 is 2.03. The Morgan fingerprint density at radius 2 is 2.26 bits per heavy atom. The third kappa shape index (κ3) is 3.86. The van der Waals surface area contributed by atoms with Crippen LogP contribution in [0.5, 0.6) is 0 Å². The second-order valence-electron chi connectivity index (χ2n) is 7.68. The molecular formula is C21H28N4O2. The molecule has 0 saturated carbocycles. The fraction of sp³-hybridized carbons (Fsp3) is 0.524. The van der Waals surface area contributed by atoms with E-state index in [0.29, 0.717) is 18.7 Å². The summed E-state index contributed by atoms with van der Waals surface area (Å²) in [5.41, 5.74) is 3.93. The molecule has 1 amide bonds. The summed E-state index contributed by atoms with van der Waals surface area (Å²) in [6.45, 7) is 2.10. The second-order valence-corrected chi connectivity index (χ2v) is 7.68. The van der Waals surface area contributed by atoms with Crippen LogP contribution >= 0.6 is 0 Å². The highest BCUT2D eigenvalue weighted by molar-refractivity contribution is 5.97. The highest BCUT2D eigenvalue weighted by Gasteiger charge is 2.24. The first kappa shape index (κ1) is 18.0. The summed E-state index contributed by atoms with van der Waals surface area (Å²) in [5.74, 6) is 0.806. The predicted octanol–water partition coefficient (Wildman–Crippen LogP) is 2.76. The van der Waals surface area contributed by atoms with Crippen molar-refractivity contribution in [3.63, 3.8) is 0 Å². The standard InChI is InChI=1S/C21H28N4O2/c1-24-19-8-7-16(20(27)22-11-9-15-5-3-2-4-6-15)13-18(19)23-21(24)25-12-10-17(26)14-25/h5,7-8,13,17,26H,2-4,6,9-12,14H2,1H3,(H,22,27)/t17-/m0/s1. The molecule has 1 saturated heterocycles. The van der Waals surface area contributed by atoms with E-state index in [1.165, 1.54) is 31.3 Å². The van der Waals surface area contributed by atoms with Gasteiger partial charge < -0.3 is 19.9 Å². The van der Waals surface area contributed by atoms with Crippen molar-refractivity contribution < 1.29 is 9.90 Å². The van der Waals surface area contributed by atoms with E-state index in [1.807, 2.05) is 29.8 Å². The first-order valence-corrected chi connectivity index (χ1v) is 9.97. The molecule has 2 heterocycles. The van der Waals surface area contributed by atoms with E-state index in [-0.39, 0.29) is 12.0 Å². The number of aliphatic hydroxyl groups is 1. The molecule has 6 nitrogen and oxygen atoms in total. The smallest absolute Gasteiger partial charge is 0.251 e. The van der Waals surface area contributed by atoms with E-state index in [9.17, 15) is 9.90 Å². The summed E-state index contributed by atoms with van der Waals surface area (Å²) in [5, 5.41) is 12.8. The van der Waals surface area contributed by atoms with Gasteiger partial charge in [-0.1, -0.05) is 11.6 Å². The number of benzene rings is 1. The van der Waals surface area contributed by atoms with Gasteiger partial charge in [-0.15, -0.1) is 0 Å². The van der Waals surface area contributed by atoms with Gasteiger partial charge in [-0.3, -0.25) is 4.79 Å². The van der Waals surface area contributed by atoms with Crippen molar-refractivity contribution in [1.29, 1.82) is 0 Å². The van der Waals surface area contributed by atoms with Crippen LogP contribution in [0, 0.1) is 0 Å². The number of carbonyl (C=O) groups excluding carboxylic acids is 1. The number of nitrogens with zero attached hydrogens (tertiary/aromatic N) is 3. The van der Waals surface area contributed by atoms with Gasteiger partial charge in [0.15, 0.2) is 0 Å². The zero-order chi connectivity index (χ0) is 18.8. The van der Waals surface area contributed by atoms with E-state index >= 15 is 0 Å². The van der Waals surface area contributed by atoms with Crippen LogP contribution in [0.2, 0.25) is 0 Å². The predicted molar refractivity (Wildman–Crippen MR) is 107 cm³/mol. The lowest BCUT2D eigenvalue weighted by molar-refractivity contribution is 0.0954. The van der Waals surface area contributed by atoms with Crippen LogP contribution in [0.4, 0.5) is 5.95 Å². The lowest BCUT2D eigenvalue weighted by Gasteiger charge is -2.16. The first-order chi connectivity index (χ1) is 13.1.